The predicted molar refractivity (Wildman–Crippen MR) is 87.4 cm³/mol. The van der Waals surface area contributed by atoms with E-state index in [0.717, 1.165) is 11.3 Å². The molecule has 0 radical (unpaired) electrons. The maximum absolute atomic E-state index is 12.6. The molecule has 2 aromatic carbocycles. The molecule has 0 spiro atoms. The molecule has 0 bridgehead atoms. The lowest BCUT2D eigenvalue weighted by Gasteiger charge is -2.24. The molecular formula is C18H22N2O. The second kappa shape index (κ2) is 6.55. The summed E-state index contributed by atoms with van der Waals surface area (Å²) in [7, 11) is 3.83. The Hall–Kier alpha value is -2.13. The van der Waals surface area contributed by atoms with Gasteiger partial charge in [-0.05, 0) is 56.8 Å². The number of aryl methyl sites for hydroxylation is 2. The second-order valence-electron chi connectivity index (χ2n) is 5.57. The first-order valence-electron chi connectivity index (χ1n) is 7.08. The van der Waals surface area contributed by atoms with Crippen molar-refractivity contribution in [3.05, 3.63) is 65.2 Å². The van der Waals surface area contributed by atoms with Crippen molar-refractivity contribution in [1.82, 2.24) is 4.90 Å². The van der Waals surface area contributed by atoms with Gasteiger partial charge in [-0.15, -0.1) is 0 Å². The lowest BCUT2D eigenvalue weighted by atomic mass is 10.0. The van der Waals surface area contributed by atoms with Crippen LogP contribution in [0.15, 0.2) is 48.5 Å². The zero-order valence-corrected chi connectivity index (χ0v) is 13.1. The molecule has 0 saturated carbocycles. The van der Waals surface area contributed by atoms with Gasteiger partial charge < -0.3 is 5.32 Å². The summed E-state index contributed by atoms with van der Waals surface area (Å²) >= 11 is 0. The van der Waals surface area contributed by atoms with Crippen molar-refractivity contribution in [3.8, 4) is 0 Å². The van der Waals surface area contributed by atoms with Crippen LogP contribution >= 0.6 is 0 Å². The lowest BCUT2D eigenvalue weighted by Crippen LogP contribution is -2.32. The Balaban J connectivity index is 2.21. The van der Waals surface area contributed by atoms with Gasteiger partial charge >= 0.3 is 0 Å². The highest BCUT2D eigenvalue weighted by Gasteiger charge is 2.22. The van der Waals surface area contributed by atoms with Crippen LogP contribution in [0.4, 0.5) is 5.69 Å². The number of anilines is 1. The SMILES string of the molecule is Cc1ccc(NC(=O)C(c2ccccc2)N(C)C)cc1C. The van der Waals surface area contributed by atoms with Crippen molar-refractivity contribution in [2.75, 3.05) is 19.4 Å². The molecular weight excluding hydrogens is 260 g/mol. The Morgan fingerprint density at radius 1 is 1.00 bits per heavy atom. The van der Waals surface area contributed by atoms with Gasteiger partial charge in [0.15, 0.2) is 0 Å². The van der Waals surface area contributed by atoms with Crippen molar-refractivity contribution in [3.63, 3.8) is 0 Å². The van der Waals surface area contributed by atoms with Crippen LogP contribution < -0.4 is 5.32 Å². The smallest absolute Gasteiger partial charge is 0.246 e. The fraction of sp³-hybridized carbons (Fsp3) is 0.278. The minimum absolute atomic E-state index is 0.0190. The van der Waals surface area contributed by atoms with E-state index in [0.29, 0.717) is 0 Å². The quantitative estimate of drug-likeness (QED) is 0.930. The van der Waals surface area contributed by atoms with Crippen molar-refractivity contribution in [2.45, 2.75) is 19.9 Å². The highest BCUT2D eigenvalue weighted by atomic mass is 16.2. The van der Waals surface area contributed by atoms with Crippen LogP contribution in [0.2, 0.25) is 0 Å². The van der Waals surface area contributed by atoms with Gasteiger partial charge in [0.1, 0.15) is 6.04 Å². The zero-order valence-electron chi connectivity index (χ0n) is 13.1. The summed E-state index contributed by atoms with van der Waals surface area (Å²) in [6, 6.07) is 15.5. The Kier molecular flexibility index (Phi) is 4.76. The van der Waals surface area contributed by atoms with E-state index < -0.39 is 0 Å². The fourth-order valence-corrected chi connectivity index (χ4v) is 2.35. The lowest BCUT2D eigenvalue weighted by molar-refractivity contribution is -0.120. The van der Waals surface area contributed by atoms with E-state index in [-0.39, 0.29) is 11.9 Å². The summed E-state index contributed by atoms with van der Waals surface area (Å²) in [5.41, 5.74) is 4.23. The highest BCUT2D eigenvalue weighted by Crippen LogP contribution is 2.21. The molecule has 1 atom stereocenters. The maximum atomic E-state index is 12.6. The number of nitrogens with zero attached hydrogens (tertiary/aromatic N) is 1. The van der Waals surface area contributed by atoms with Crippen LogP contribution in [0.5, 0.6) is 0 Å². The first-order valence-corrected chi connectivity index (χ1v) is 7.08. The van der Waals surface area contributed by atoms with E-state index in [1.165, 1.54) is 11.1 Å². The summed E-state index contributed by atoms with van der Waals surface area (Å²) in [5, 5.41) is 3.01. The van der Waals surface area contributed by atoms with Crippen molar-refractivity contribution in [2.24, 2.45) is 0 Å². The number of carbonyl (C=O) groups excluding carboxylic acids is 1. The molecule has 2 rings (SSSR count). The van der Waals surface area contributed by atoms with E-state index in [1.54, 1.807) is 0 Å². The molecule has 0 saturated heterocycles. The number of carbonyl (C=O) groups is 1. The molecule has 1 amide bonds. The van der Waals surface area contributed by atoms with Gasteiger partial charge in [0, 0.05) is 5.69 Å². The molecule has 3 nitrogen and oxygen atoms in total. The summed E-state index contributed by atoms with van der Waals surface area (Å²) in [6.07, 6.45) is 0. The average molecular weight is 282 g/mol. The first-order chi connectivity index (χ1) is 9.99. The number of hydrogen-bond acceptors (Lipinski definition) is 2. The second-order valence-corrected chi connectivity index (χ2v) is 5.57. The number of rotatable bonds is 4. The molecule has 1 N–H and O–H groups in total. The predicted octanol–water partition coefficient (Wildman–Crippen LogP) is 3.54. The van der Waals surface area contributed by atoms with Crippen molar-refractivity contribution in [1.29, 1.82) is 0 Å². The summed E-state index contributed by atoms with van der Waals surface area (Å²) < 4.78 is 0. The Morgan fingerprint density at radius 2 is 1.67 bits per heavy atom. The van der Waals surface area contributed by atoms with Gasteiger partial charge in [-0.2, -0.15) is 0 Å². The topological polar surface area (TPSA) is 32.3 Å². The van der Waals surface area contributed by atoms with Crippen LogP contribution in [-0.4, -0.2) is 24.9 Å². The molecule has 2 aromatic rings. The number of nitrogens with one attached hydrogen (secondary N) is 1. The van der Waals surface area contributed by atoms with E-state index in [4.69, 9.17) is 0 Å². The summed E-state index contributed by atoms with van der Waals surface area (Å²) in [4.78, 5) is 14.5. The molecule has 0 heterocycles. The molecule has 0 fully saturated rings. The van der Waals surface area contributed by atoms with Gasteiger partial charge in [-0.25, -0.2) is 0 Å². The third kappa shape index (κ3) is 3.70. The summed E-state index contributed by atoms with van der Waals surface area (Å²) in [6.45, 7) is 4.11. The van der Waals surface area contributed by atoms with E-state index in [2.05, 4.69) is 12.2 Å². The number of amides is 1. The van der Waals surface area contributed by atoms with Gasteiger partial charge in [-0.3, -0.25) is 9.69 Å². The summed E-state index contributed by atoms with van der Waals surface area (Å²) in [5.74, 6) is -0.0190. The number of benzene rings is 2. The fourth-order valence-electron chi connectivity index (χ4n) is 2.35. The highest BCUT2D eigenvalue weighted by molar-refractivity contribution is 5.95. The van der Waals surface area contributed by atoms with Crippen LogP contribution in [0.3, 0.4) is 0 Å². The molecule has 3 heteroatoms. The Bertz CT molecular complexity index is 620. The van der Waals surface area contributed by atoms with Crippen LogP contribution in [0, 0.1) is 13.8 Å². The average Bonchev–Trinajstić information content (AvgIpc) is 2.44. The van der Waals surface area contributed by atoms with Crippen LogP contribution in [-0.2, 0) is 4.79 Å². The van der Waals surface area contributed by atoms with Gasteiger partial charge in [0.05, 0.1) is 0 Å². The van der Waals surface area contributed by atoms with Crippen LogP contribution in [0.1, 0.15) is 22.7 Å². The molecule has 0 aliphatic carbocycles. The minimum atomic E-state index is -0.298. The van der Waals surface area contributed by atoms with Gasteiger partial charge in [0.25, 0.3) is 0 Å². The minimum Gasteiger partial charge on any atom is -0.324 e. The van der Waals surface area contributed by atoms with E-state index >= 15 is 0 Å². The normalized spacial score (nSPS) is 12.2. The maximum Gasteiger partial charge on any atom is 0.246 e. The van der Waals surface area contributed by atoms with Crippen LogP contribution in [0.25, 0.3) is 0 Å². The van der Waals surface area contributed by atoms with E-state index in [9.17, 15) is 4.79 Å². The molecule has 21 heavy (non-hydrogen) atoms. The van der Waals surface area contributed by atoms with Gasteiger partial charge in [-0.1, -0.05) is 36.4 Å². The van der Waals surface area contributed by atoms with Gasteiger partial charge in [0.2, 0.25) is 5.91 Å². The molecule has 0 aliphatic rings. The third-order valence-electron chi connectivity index (χ3n) is 3.65. The Morgan fingerprint density at radius 3 is 2.24 bits per heavy atom. The molecule has 110 valence electrons. The van der Waals surface area contributed by atoms with E-state index in [1.807, 2.05) is 74.4 Å². The Labute approximate surface area is 126 Å². The standard InChI is InChI=1S/C18H22N2O/c1-13-10-11-16(12-14(13)2)19-18(21)17(20(3)4)15-8-6-5-7-9-15/h5-12,17H,1-4H3,(H,19,21). The van der Waals surface area contributed by atoms with Crippen molar-refractivity contribution < 1.29 is 4.79 Å². The zero-order chi connectivity index (χ0) is 15.4. The first kappa shape index (κ1) is 15.3. The number of hydrogen-bond donors (Lipinski definition) is 1. The number of likely N-dealkylation sites (N-methyl/N-ethyl adjacent to an activating group) is 1. The molecule has 0 aliphatic heterocycles. The monoisotopic (exact) mass is 282 g/mol. The largest absolute Gasteiger partial charge is 0.324 e. The van der Waals surface area contributed by atoms with Crippen molar-refractivity contribution >= 4 is 11.6 Å². The molecule has 0 aromatic heterocycles. The molecule has 1 unspecified atom stereocenters. The third-order valence-corrected chi connectivity index (χ3v) is 3.65.